The number of benzene rings is 3. The number of alkyl halides is 3. The highest BCUT2D eigenvalue weighted by atomic mass is 35.5. The van der Waals surface area contributed by atoms with Crippen LogP contribution in [-0.4, -0.2) is 33.9 Å². The van der Waals surface area contributed by atoms with Crippen LogP contribution in [-0.2, 0) is 22.3 Å². The number of fused-ring (bicyclic) bond motifs is 1. The van der Waals surface area contributed by atoms with Crippen LogP contribution in [0.5, 0.6) is 11.5 Å². The number of hydrogen-bond acceptors (Lipinski definition) is 6. The average Bonchev–Trinajstić information content (AvgIpc) is 3.36. The van der Waals surface area contributed by atoms with E-state index in [0.29, 0.717) is 27.8 Å². The lowest BCUT2D eigenvalue weighted by Gasteiger charge is -2.32. The number of rotatable bonds is 5. The Morgan fingerprint density at radius 3 is 2.69 bits per heavy atom. The standard InChI is InChI=1S/C27H21ClF3N3O4S/c1-15-5-7-19(11-20(15)28)32-25(36)23-12-24(35)34(13-16-6-8-21-22(9-16)38-14-37-21)26(39-23)33-18-4-2-3-17(10-18)27(29,30)31/h2-11,23H,12-14H2,1H3,(H,32,36)/t23-/m0/s1. The predicted octanol–water partition coefficient (Wildman–Crippen LogP) is 6.56. The fraction of sp³-hybridized carbons (Fsp3) is 0.222. The molecule has 0 unspecified atom stereocenters. The first-order chi connectivity index (χ1) is 18.6. The van der Waals surface area contributed by atoms with Crippen molar-refractivity contribution in [1.82, 2.24) is 4.90 Å². The molecule has 0 aromatic heterocycles. The van der Waals surface area contributed by atoms with Crippen LogP contribution in [0, 0.1) is 6.92 Å². The number of amidine groups is 1. The molecule has 202 valence electrons. The van der Waals surface area contributed by atoms with Gasteiger partial charge in [0.1, 0.15) is 5.25 Å². The van der Waals surface area contributed by atoms with Gasteiger partial charge in [-0.15, -0.1) is 0 Å². The minimum Gasteiger partial charge on any atom is -0.454 e. The van der Waals surface area contributed by atoms with E-state index < -0.39 is 28.8 Å². The van der Waals surface area contributed by atoms with E-state index in [-0.39, 0.29) is 30.6 Å². The van der Waals surface area contributed by atoms with E-state index in [1.165, 1.54) is 17.0 Å². The van der Waals surface area contributed by atoms with Crippen LogP contribution in [0.3, 0.4) is 0 Å². The monoisotopic (exact) mass is 575 g/mol. The van der Waals surface area contributed by atoms with Crippen LogP contribution in [0.25, 0.3) is 0 Å². The summed E-state index contributed by atoms with van der Waals surface area (Å²) >= 11 is 7.17. The molecule has 5 rings (SSSR count). The highest BCUT2D eigenvalue weighted by Crippen LogP contribution is 2.36. The normalized spacial score (nSPS) is 18.0. The molecule has 0 saturated carbocycles. The molecule has 0 radical (unpaired) electrons. The van der Waals surface area contributed by atoms with Crippen molar-refractivity contribution in [2.24, 2.45) is 4.99 Å². The van der Waals surface area contributed by atoms with Gasteiger partial charge in [0.2, 0.25) is 18.6 Å². The number of nitrogens with zero attached hydrogens (tertiary/aromatic N) is 2. The van der Waals surface area contributed by atoms with E-state index >= 15 is 0 Å². The van der Waals surface area contributed by atoms with E-state index in [9.17, 15) is 22.8 Å². The van der Waals surface area contributed by atoms with E-state index in [2.05, 4.69) is 10.3 Å². The summed E-state index contributed by atoms with van der Waals surface area (Å²) in [7, 11) is 0. The van der Waals surface area contributed by atoms with Crippen molar-refractivity contribution in [2.45, 2.75) is 31.3 Å². The number of carbonyl (C=O) groups is 2. The lowest BCUT2D eigenvalue weighted by Crippen LogP contribution is -2.44. The quantitative estimate of drug-likeness (QED) is 0.373. The predicted molar refractivity (Wildman–Crippen MR) is 142 cm³/mol. The number of carbonyl (C=O) groups excluding carboxylic acids is 2. The van der Waals surface area contributed by atoms with Crippen LogP contribution in [0.2, 0.25) is 5.02 Å². The molecule has 3 aromatic rings. The van der Waals surface area contributed by atoms with Gasteiger partial charge in [0.25, 0.3) is 0 Å². The summed E-state index contributed by atoms with van der Waals surface area (Å²) in [5.41, 5.74) is 1.13. The number of halogens is 4. The van der Waals surface area contributed by atoms with E-state index in [1.807, 2.05) is 6.92 Å². The maximum absolute atomic E-state index is 13.3. The molecule has 1 atom stereocenters. The van der Waals surface area contributed by atoms with Crippen LogP contribution in [0.15, 0.2) is 65.7 Å². The molecule has 2 amide bonds. The molecule has 1 N–H and O–H groups in total. The Morgan fingerprint density at radius 1 is 1.13 bits per heavy atom. The van der Waals surface area contributed by atoms with Crippen LogP contribution in [0.4, 0.5) is 24.5 Å². The molecular weight excluding hydrogens is 555 g/mol. The number of amides is 2. The summed E-state index contributed by atoms with van der Waals surface area (Å²) < 4.78 is 50.7. The lowest BCUT2D eigenvalue weighted by molar-refractivity contribution is -0.137. The number of hydrogen-bond donors (Lipinski definition) is 1. The first-order valence-electron chi connectivity index (χ1n) is 11.8. The highest BCUT2D eigenvalue weighted by Gasteiger charge is 2.37. The molecule has 12 heteroatoms. The second-order valence-electron chi connectivity index (χ2n) is 8.87. The van der Waals surface area contributed by atoms with Crippen LogP contribution in [0.1, 0.15) is 23.1 Å². The third kappa shape index (κ3) is 6.15. The Hall–Kier alpha value is -3.70. The molecule has 0 bridgehead atoms. The van der Waals surface area contributed by atoms with Gasteiger partial charge in [0.05, 0.1) is 17.8 Å². The second kappa shape index (κ2) is 10.8. The zero-order valence-corrected chi connectivity index (χ0v) is 22.0. The highest BCUT2D eigenvalue weighted by molar-refractivity contribution is 8.15. The van der Waals surface area contributed by atoms with Gasteiger partial charge in [-0.05, 0) is 60.5 Å². The van der Waals surface area contributed by atoms with Gasteiger partial charge in [0.15, 0.2) is 16.7 Å². The van der Waals surface area contributed by atoms with Crippen molar-refractivity contribution in [2.75, 3.05) is 12.1 Å². The number of ether oxygens (including phenoxy) is 2. The number of anilines is 1. The summed E-state index contributed by atoms with van der Waals surface area (Å²) in [5.74, 6) is 0.242. The van der Waals surface area contributed by atoms with Crippen molar-refractivity contribution in [3.8, 4) is 11.5 Å². The van der Waals surface area contributed by atoms with E-state index in [4.69, 9.17) is 21.1 Å². The minimum atomic E-state index is -4.56. The Labute approximate surface area is 230 Å². The van der Waals surface area contributed by atoms with Gasteiger partial charge in [-0.25, -0.2) is 4.99 Å². The zero-order valence-electron chi connectivity index (χ0n) is 20.4. The second-order valence-corrected chi connectivity index (χ2v) is 10.5. The zero-order chi connectivity index (χ0) is 27.7. The molecule has 1 fully saturated rings. The summed E-state index contributed by atoms with van der Waals surface area (Å²) in [6.07, 6.45) is -4.70. The largest absolute Gasteiger partial charge is 0.454 e. The van der Waals surface area contributed by atoms with Crippen molar-refractivity contribution >= 4 is 51.7 Å². The molecule has 3 aromatic carbocycles. The van der Waals surface area contributed by atoms with Gasteiger partial charge in [-0.2, -0.15) is 13.2 Å². The van der Waals surface area contributed by atoms with Crippen LogP contribution < -0.4 is 14.8 Å². The molecule has 7 nitrogen and oxygen atoms in total. The first-order valence-corrected chi connectivity index (χ1v) is 13.0. The molecule has 0 spiro atoms. The van der Waals surface area contributed by atoms with Gasteiger partial charge >= 0.3 is 6.18 Å². The Balaban J connectivity index is 1.44. The van der Waals surface area contributed by atoms with Crippen molar-refractivity contribution in [3.05, 3.63) is 82.4 Å². The van der Waals surface area contributed by atoms with E-state index in [0.717, 1.165) is 29.5 Å². The van der Waals surface area contributed by atoms with Gasteiger partial charge in [-0.1, -0.05) is 41.6 Å². The van der Waals surface area contributed by atoms with Gasteiger partial charge in [0, 0.05) is 17.1 Å². The molecular formula is C27H21ClF3N3O4S. The molecule has 0 aliphatic carbocycles. The van der Waals surface area contributed by atoms with Gasteiger partial charge < -0.3 is 14.8 Å². The first kappa shape index (κ1) is 26.9. The van der Waals surface area contributed by atoms with Crippen LogP contribution >= 0.6 is 23.4 Å². The number of nitrogens with one attached hydrogen (secondary N) is 1. The summed E-state index contributed by atoms with van der Waals surface area (Å²) in [6, 6.07) is 14.7. The van der Waals surface area contributed by atoms with Crippen molar-refractivity contribution in [1.29, 1.82) is 0 Å². The summed E-state index contributed by atoms with van der Waals surface area (Å²) in [4.78, 5) is 32.2. The molecule has 2 heterocycles. The third-order valence-electron chi connectivity index (χ3n) is 6.05. The minimum absolute atomic E-state index is 0.00202. The topological polar surface area (TPSA) is 80.2 Å². The lowest BCUT2D eigenvalue weighted by atomic mass is 10.1. The number of thioether (sulfide) groups is 1. The Morgan fingerprint density at radius 2 is 1.92 bits per heavy atom. The average molecular weight is 576 g/mol. The maximum atomic E-state index is 13.3. The smallest absolute Gasteiger partial charge is 0.416 e. The number of aliphatic imine (C=N–C) groups is 1. The Kier molecular flexibility index (Phi) is 7.46. The Bertz CT molecular complexity index is 1480. The van der Waals surface area contributed by atoms with Crippen molar-refractivity contribution in [3.63, 3.8) is 0 Å². The molecule has 2 aliphatic heterocycles. The summed E-state index contributed by atoms with van der Waals surface area (Å²) in [5, 5.41) is 2.47. The molecule has 39 heavy (non-hydrogen) atoms. The number of aryl methyl sites for hydroxylation is 1. The van der Waals surface area contributed by atoms with E-state index in [1.54, 1.807) is 36.4 Å². The van der Waals surface area contributed by atoms with Crippen molar-refractivity contribution < 1.29 is 32.2 Å². The fourth-order valence-corrected chi connectivity index (χ4v) is 5.25. The fourth-order valence-electron chi connectivity index (χ4n) is 3.97. The maximum Gasteiger partial charge on any atom is 0.416 e. The third-order valence-corrected chi connectivity index (χ3v) is 7.64. The SMILES string of the molecule is Cc1ccc(NC(=O)[C@@H]2CC(=O)N(Cc3ccc4c(c3)OCO4)C(=Nc3cccc(C(F)(F)F)c3)S2)cc1Cl. The summed E-state index contributed by atoms with van der Waals surface area (Å²) in [6.45, 7) is 1.99. The van der Waals surface area contributed by atoms with Gasteiger partial charge in [-0.3, -0.25) is 14.5 Å². The molecule has 2 aliphatic rings. The molecule has 1 saturated heterocycles.